The summed E-state index contributed by atoms with van der Waals surface area (Å²) in [4.78, 5) is 22.2. The molecule has 0 atom stereocenters. The Hall–Kier alpha value is -1.73. The first-order valence-electron chi connectivity index (χ1n) is 7.05. The normalized spacial score (nSPS) is 16.5. The Balaban J connectivity index is 1.92. The SMILES string of the molecule is CN(C)CCN1CCN(C(=O)c2cc(F)cnc2N)CC1. The fraction of sp³-hybridized carbons (Fsp3) is 0.571. The van der Waals surface area contributed by atoms with Crippen molar-refractivity contribution < 1.29 is 9.18 Å². The van der Waals surface area contributed by atoms with Gasteiger partial charge in [0.25, 0.3) is 5.91 Å². The molecule has 0 unspecified atom stereocenters. The number of amides is 1. The first-order valence-corrected chi connectivity index (χ1v) is 7.05. The van der Waals surface area contributed by atoms with Crippen molar-refractivity contribution in [3.05, 3.63) is 23.6 Å². The second kappa shape index (κ2) is 6.82. The summed E-state index contributed by atoms with van der Waals surface area (Å²) < 4.78 is 13.2. The van der Waals surface area contributed by atoms with Crippen molar-refractivity contribution >= 4 is 11.7 Å². The lowest BCUT2D eigenvalue weighted by Gasteiger charge is -2.35. The van der Waals surface area contributed by atoms with Crippen LogP contribution >= 0.6 is 0 Å². The zero-order valence-corrected chi connectivity index (χ0v) is 12.5. The summed E-state index contributed by atoms with van der Waals surface area (Å²) in [6, 6.07) is 1.16. The van der Waals surface area contributed by atoms with Crippen molar-refractivity contribution in [3.8, 4) is 0 Å². The van der Waals surface area contributed by atoms with Crippen LogP contribution in [0.3, 0.4) is 0 Å². The predicted octanol–water partition coefficient (Wildman–Crippen LogP) is 0.122. The first-order chi connectivity index (χ1) is 9.97. The molecule has 1 aliphatic rings. The Labute approximate surface area is 124 Å². The molecular formula is C14H22FN5O. The monoisotopic (exact) mass is 295 g/mol. The third kappa shape index (κ3) is 4.12. The molecule has 0 aromatic carbocycles. The van der Waals surface area contributed by atoms with Crippen LogP contribution in [-0.4, -0.2) is 79.0 Å². The van der Waals surface area contributed by atoms with Gasteiger partial charge in [-0.25, -0.2) is 9.37 Å². The van der Waals surface area contributed by atoms with Gasteiger partial charge in [-0.3, -0.25) is 9.69 Å². The third-order valence-corrected chi connectivity index (χ3v) is 3.64. The molecule has 21 heavy (non-hydrogen) atoms. The van der Waals surface area contributed by atoms with Crippen LogP contribution in [0.4, 0.5) is 10.2 Å². The van der Waals surface area contributed by atoms with Crippen molar-refractivity contribution in [2.45, 2.75) is 0 Å². The molecule has 2 rings (SSSR count). The van der Waals surface area contributed by atoms with Crippen LogP contribution in [0, 0.1) is 5.82 Å². The number of anilines is 1. The van der Waals surface area contributed by atoms with Gasteiger partial charge in [-0.2, -0.15) is 0 Å². The molecule has 0 spiro atoms. The van der Waals surface area contributed by atoms with Gasteiger partial charge in [0, 0.05) is 39.3 Å². The highest BCUT2D eigenvalue weighted by Gasteiger charge is 2.24. The van der Waals surface area contributed by atoms with E-state index in [4.69, 9.17) is 5.73 Å². The van der Waals surface area contributed by atoms with E-state index >= 15 is 0 Å². The number of likely N-dealkylation sites (N-methyl/N-ethyl adjacent to an activating group) is 1. The fourth-order valence-electron chi connectivity index (χ4n) is 2.31. The number of rotatable bonds is 4. The van der Waals surface area contributed by atoms with Gasteiger partial charge in [0.1, 0.15) is 11.6 Å². The molecule has 1 fully saturated rings. The molecule has 0 aliphatic carbocycles. The Kier molecular flexibility index (Phi) is 5.08. The summed E-state index contributed by atoms with van der Waals surface area (Å²) >= 11 is 0. The maximum Gasteiger partial charge on any atom is 0.257 e. The molecule has 6 nitrogen and oxygen atoms in total. The third-order valence-electron chi connectivity index (χ3n) is 3.64. The van der Waals surface area contributed by atoms with Gasteiger partial charge < -0.3 is 15.5 Å². The average Bonchev–Trinajstić information content (AvgIpc) is 2.47. The van der Waals surface area contributed by atoms with E-state index in [-0.39, 0.29) is 17.3 Å². The number of hydrogen-bond donors (Lipinski definition) is 1. The van der Waals surface area contributed by atoms with E-state index in [2.05, 4.69) is 14.8 Å². The van der Waals surface area contributed by atoms with Gasteiger partial charge in [-0.05, 0) is 20.2 Å². The minimum Gasteiger partial charge on any atom is -0.383 e. The molecule has 0 radical (unpaired) electrons. The zero-order valence-electron chi connectivity index (χ0n) is 12.5. The van der Waals surface area contributed by atoms with Crippen LogP contribution in [0.2, 0.25) is 0 Å². The summed E-state index contributed by atoms with van der Waals surface area (Å²) in [5.74, 6) is -0.708. The molecule has 0 saturated carbocycles. The van der Waals surface area contributed by atoms with E-state index in [1.807, 2.05) is 14.1 Å². The van der Waals surface area contributed by atoms with Crippen LogP contribution in [0.15, 0.2) is 12.3 Å². The molecule has 1 aromatic heterocycles. The minimum atomic E-state index is -0.544. The quantitative estimate of drug-likeness (QED) is 0.855. The predicted molar refractivity (Wildman–Crippen MR) is 79.5 cm³/mol. The van der Waals surface area contributed by atoms with Crippen LogP contribution in [-0.2, 0) is 0 Å². The highest BCUT2D eigenvalue weighted by atomic mass is 19.1. The molecule has 116 valence electrons. The van der Waals surface area contributed by atoms with Crippen LogP contribution in [0.5, 0.6) is 0 Å². The van der Waals surface area contributed by atoms with E-state index in [0.29, 0.717) is 13.1 Å². The summed E-state index contributed by atoms with van der Waals surface area (Å²) in [7, 11) is 4.08. The van der Waals surface area contributed by atoms with E-state index in [0.717, 1.165) is 38.4 Å². The summed E-state index contributed by atoms with van der Waals surface area (Å²) in [5.41, 5.74) is 5.81. The minimum absolute atomic E-state index is 0.0800. The van der Waals surface area contributed by atoms with E-state index < -0.39 is 5.82 Å². The van der Waals surface area contributed by atoms with Crippen LogP contribution in [0.1, 0.15) is 10.4 Å². The number of nitrogens with zero attached hydrogens (tertiary/aromatic N) is 4. The van der Waals surface area contributed by atoms with Crippen LogP contribution < -0.4 is 5.73 Å². The first kappa shape index (κ1) is 15.7. The van der Waals surface area contributed by atoms with Gasteiger partial charge in [0.15, 0.2) is 0 Å². The van der Waals surface area contributed by atoms with Gasteiger partial charge >= 0.3 is 0 Å². The Morgan fingerprint density at radius 3 is 2.67 bits per heavy atom. The number of carbonyl (C=O) groups is 1. The summed E-state index contributed by atoms with van der Waals surface area (Å²) in [5, 5.41) is 0. The number of piperazine rings is 1. The number of hydrogen-bond acceptors (Lipinski definition) is 5. The molecule has 2 heterocycles. The number of aromatic nitrogens is 1. The van der Waals surface area contributed by atoms with E-state index in [1.165, 1.54) is 0 Å². The van der Waals surface area contributed by atoms with E-state index in [9.17, 15) is 9.18 Å². The molecule has 0 bridgehead atoms. The molecular weight excluding hydrogens is 273 g/mol. The second-order valence-corrected chi connectivity index (χ2v) is 5.52. The summed E-state index contributed by atoms with van der Waals surface area (Å²) in [6.45, 7) is 4.88. The average molecular weight is 295 g/mol. The fourth-order valence-corrected chi connectivity index (χ4v) is 2.31. The Bertz CT molecular complexity index is 500. The van der Waals surface area contributed by atoms with Crippen molar-refractivity contribution in [2.75, 3.05) is 59.1 Å². The molecule has 1 aromatic rings. The zero-order chi connectivity index (χ0) is 15.4. The topological polar surface area (TPSA) is 65.7 Å². The van der Waals surface area contributed by atoms with E-state index in [1.54, 1.807) is 4.90 Å². The maximum absolute atomic E-state index is 13.2. The number of halogens is 1. The second-order valence-electron chi connectivity index (χ2n) is 5.52. The van der Waals surface area contributed by atoms with Gasteiger partial charge in [0.05, 0.1) is 11.8 Å². The standard InChI is InChI=1S/C14H22FN5O/c1-18(2)3-4-19-5-7-20(8-6-19)14(21)12-9-11(15)10-17-13(12)16/h9-10H,3-8H2,1-2H3,(H2,16,17). The van der Waals surface area contributed by atoms with Gasteiger partial charge in [-0.1, -0.05) is 0 Å². The number of nitrogens with two attached hydrogens (primary N) is 1. The maximum atomic E-state index is 13.2. The molecule has 1 amide bonds. The van der Waals surface area contributed by atoms with Gasteiger partial charge in [0.2, 0.25) is 0 Å². The lowest BCUT2D eigenvalue weighted by molar-refractivity contribution is 0.0630. The number of carbonyl (C=O) groups excluding carboxylic acids is 1. The van der Waals surface area contributed by atoms with Crippen LogP contribution in [0.25, 0.3) is 0 Å². The summed E-state index contributed by atoms with van der Waals surface area (Å²) in [6.07, 6.45) is 1.02. The highest BCUT2D eigenvalue weighted by molar-refractivity contribution is 5.98. The molecule has 2 N–H and O–H groups in total. The molecule has 1 saturated heterocycles. The smallest absolute Gasteiger partial charge is 0.257 e. The largest absolute Gasteiger partial charge is 0.383 e. The number of nitrogen functional groups attached to an aromatic ring is 1. The van der Waals surface area contributed by atoms with Gasteiger partial charge in [-0.15, -0.1) is 0 Å². The van der Waals surface area contributed by atoms with Crippen molar-refractivity contribution in [3.63, 3.8) is 0 Å². The Morgan fingerprint density at radius 2 is 2.05 bits per heavy atom. The van der Waals surface area contributed by atoms with Crippen molar-refractivity contribution in [2.24, 2.45) is 0 Å². The molecule has 1 aliphatic heterocycles. The Morgan fingerprint density at radius 1 is 1.38 bits per heavy atom. The lowest BCUT2D eigenvalue weighted by atomic mass is 10.2. The lowest BCUT2D eigenvalue weighted by Crippen LogP contribution is -2.50. The van der Waals surface area contributed by atoms with Crippen molar-refractivity contribution in [1.82, 2.24) is 19.7 Å². The highest BCUT2D eigenvalue weighted by Crippen LogP contribution is 2.14. The molecule has 7 heteroatoms. The van der Waals surface area contributed by atoms with Crippen molar-refractivity contribution in [1.29, 1.82) is 0 Å². The number of pyridine rings is 1.